The van der Waals surface area contributed by atoms with E-state index in [0.29, 0.717) is 24.8 Å². The van der Waals surface area contributed by atoms with Crippen molar-refractivity contribution >= 4 is 6.09 Å². The molecule has 27 heavy (non-hydrogen) atoms. The number of fused-ring (bicyclic) bond motifs is 2. The molecule has 0 saturated carbocycles. The molecule has 2 atom stereocenters. The fourth-order valence-electron chi connectivity index (χ4n) is 3.87. The summed E-state index contributed by atoms with van der Waals surface area (Å²) >= 11 is 0. The monoisotopic (exact) mass is 367 g/mol. The van der Waals surface area contributed by atoms with Gasteiger partial charge in [-0.15, -0.1) is 0 Å². The van der Waals surface area contributed by atoms with Crippen LogP contribution in [0.15, 0.2) is 42.6 Å². The van der Waals surface area contributed by atoms with Crippen molar-refractivity contribution in [2.75, 3.05) is 32.8 Å². The highest BCUT2D eigenvalue weighted by molar-refractivity contribution is 5.70. The van der Waals surface area contributed by atoms with Crippen LogP contribution >= 0.6 is 0 Å². The highest BCUT2D eigenvalue weighted by Crippen LogP contribution is 2.34. The molecule has 1 aromatic heterocycles. The van der Waals surface area contributed by atoms with Crippen LogP contribution in [0.2, 0.25) is 0 Å². The lowest BCUT2D eigenvalue weighted by Crippen LogP contribution is -2.51. The van der Waals surface area contributed by atoms with E-state index in [1.807, 2.05) is 17.0 Å². The minimum Gasteiger partial charge on any atom is -0.484 e. The summed E-state index contributed by atoms with van der Waals surface area (Å²) in [6.45, 7) is 4.32. The molecule has 1 amide bonds. The summed E-state index contributed by atoms with van der Waals surface area (Å²) in [7, 11) is 0. The summed E-state index contributed by atoms with van der Waals surface area (Å²) in [6, 6.07) is 12.3. The molecular weight excluding hydrogens is 346 g/mol. The molecule has 7 nitrogen and oxygen atoms in total. The first-order valence-corrected chi connectivity index (χ1v) is 9.25. The van der Waals surface area contributed by atoms with Gasteiger partial charge in [-0.1, -0.05) is 24.3 Å². The van der Waals surface area contributed by atoms with Crippen LogP contribution in [0, 0.1) is 0 Å². The van der Waals surface area contributed by atoms with E-state index in [4.69, 9.17) is 14.2 Å². The highest BCUT2D eigenvalue weighted by atomic mass is 16.6. The number of hydrogen-bond acceptors (Lipinski definition) is 6. The van der Waals surface area contributed by atoms with E-state index in [1.54, 1.807) is 6.20 Å². The number of aromatic nitrogens is 1. The van der Waals surface area contributed by atoms with Gasteiger partial charge in [-0.25, -0.2) is 9.78 Å². The van der Waals surface area contributed by atoms with Gasteiger partial charge in [-0.2, -0.15) is 0 Å². The Bertz CT molecular complexity index is 841. The van der Waals surface area contributed by atoms with Crippen molar-refractivity contribution < 1.29 is 19.0 Å². The number of carbonyl (C=O) groups excluding carboxylic acids is 1. The van der Waals surface area contributed by atoms with Crippen LogP contribution < -0.4 is 9.47 Å². The zero-order chi connectivity index (χ0) is 18.2. The highest BCUT2D eigenvalue weighted by Gasteiger charge is 2.37. The van der Waals surface area contributed by atoms with Crippen molar-refractivity contribution in [3.05, 3.63) is 53.7 Å². The molecule has 2 saturated heterocycles. The van der Waals surface area contributed by atoms with Gasteiger partial charge in [-0.3, -0.25) is 9.80 Å². The van der Waals surface area contributed by atoms with Gasteiger partial charge in [-0.05, 0) is 23.3 Å². The van der Waals surface area contributed by atoms with Crippen LogP contribution in [0.3, 0.4) is 0 Å². The number of carbonyl (C=O) groups is 1. The third-order valence-electron chi connectivity index (χ3n) is 5.34. The van der Waals surface area contributed by atoms with Crippen LogP contribution in [-0.2, 0) is 11.3 Å². The fraction of sp³-hybridized carbons (Fsp3) is 0.400. The maximum Gasteiger partial charge on any atom is 0.410 e. The summed E-state index contributed by atoms with van der Waals surface area (Å²) in [6.07, 6.45) is 1.39. The molecule has 3 aliphatic heterocycles. The summed E-state index contributed by atoms with van der Waals surface area (Å²) in [5.41, 5.74) is 2.32. The molecule has 3 aliphatic rings. The van der Waals surface area contributed by atoms with Crippen LogP contribution in [0.4, 0.5) is 4.79 Å². The zero-order valence-electron chi connectivity index (χ0n) is 14.9. The lowest BCUT2D eigenvalue weighted by Gasteiger charge is -2.35. The van der Waals surface area contributed by atoms with Gasteiger partial charge in [0.25, 0.3) is 5.88 Å². The Morgan fingerprint density at radius 1 is 1.07 bits per heavy atom. The maximum atomic E-state index is 11.6. The minimum atomic E-state index is -0.172. The van der Waals surface area contributed by atoms with Crippen molar-refractivity contribution in [1.82, 2.24) is 14.8 Å². The molecule has 2 fully saturated rings. The minimum absolute atomic E-state index is 0.147. The number of pyridine rings is 1. The van der Waals surface area contributed by atoms with E-state index in [1.165, 1.54) is 5.56 Å². The number of amides is 1. The van der Waals surface area contributed by atoms with Crippen molar-refractivity contribution in [2.45, 2.75) is 18.7 Å². The normalized spacial score (nSPS) is 24.4. The lowest BCUT2D eigenvalue weighted by atomic mass is 10.1. The van der Waals surface area contributed by atoms with Gasteiger partial charge in [0.15, 0.2) is 11.9 Å². The van der Waals surface area contributed by atoms with E-state index < -0.39 is 0 Å². The largest absolute Gasteiger partial charge is 0.484 e. The Balaban J connectivity index is 1.22. The molecule has 0 aliphatic carbocycles. The topological polar surface area (TPSA) is 64.1 Å². The van der Waals surface area contributed by atoms with E-state index in [-0.39, 0.29) is 18.2 Å². The van der Waals surface area contributed by atoms with E-state index >= 15 is 0 Å². The predicted molar refractivity (Wildman–Crippen MR) is 96.7 cm³/mol. The number of cyclic esters (lactones) is 1. The Morgan fingerprint density at radius 3 is 2.85 bits per heavy atom. The predicted octanol–water partition coefficient (Wildman–Crippen LogP) is 2.23. The number of nitrogens with zero attached hydrogens (tertiary/aromatic N) is 3. The quantitative estimate of drug-likeness (QED) is 0.829. The SMILES string of the molecule is O=C1OCC2CN(Cc3ccc(C4COc5cccnc5O4)cc3)CCN12. The van der Waals surface area contributed by atoms with E-state index in [9.17, 15) is 4.79 Å². The molecule has 4 heterocycles. The summed E-state index contributed by atoms with van der Waals surface area (Å²) in [4.78, 5) is 20.0. The molecule has 0 bridgehead atoms. The molecule has 0 radical (unpaired) electrons. The number of ether oxygens (including phenoxy) is 3. The van der Waals surface area contributed by atoms with Crippen LogP contribution in [0.25, 0.3) is 0 Å². The molecule has 140 valence electrons. The number of benzene rings is 1. The molecular formula is C20H21N3O4. The first-order chi connectivity index (χ1) is 13.3. The van der Waals surface area contributed by atoms with Crippen molar-refractivity contribution in [1.29, 1.82) is 0 Å². The summed E-state index contributed by atoms with van der Waals surface area (Å²) in [5, 5.41) is 0. The Hall–Kier alpha value is -2.80. The first-order valence-electron chi connectivity index (χ1n) is 9.25. The number of rotatable bonds is 3. The van der Waals surface area contributed by atoms with E-state index in [0.717, 1.165) is 31.7 Å². The van der Waals surface area contributed by atoms with Gasteiger partial charge in [0.05, 0.1) is 6.04 Å². The number of hydrogen-bond donors (Lipinski definition) is 0. The molecule has 1 aromatic carbocycles. The Kier molecular flexibility index (Phi) is 4.09. The standard InChI is InChI=1S/C20H21N3O4/c24-20-23-9-8-22(11-16(23)12-26-20)10-14-3-5-15(6-4-14)18-13-25-17-2-1-7-21-19(17)27-18/h1-7,16,18H,8-13H2. The molecule has 2 aromatic rings. The summed E-state index contributed by atoms with van der Waals surface area (Å²) in [5.74, 6) is 1.24. The van der Waals surface area contributed by atoms with Gasteiger partial charge >= 0.3 is 6.09 Å². The second kappa shape index (κ2) is 6.74. The molecule has 2 unspecified atom stereocenters. The zero-order valence-corrected chi connectivity index (χ0v) is 14.9. The third kappa shape index (κ3) is 3.19. The number of piperazine rings is 1. The molecule has 0 spiro atoms. The Morgan fingerprint density at radius 2 is 1.96 bits per heavy atom. The smallest absolute Gasteiger partial charge is 0.410 e. The molecule has 5 rings (SSSR count). The lowest BCUT2D eigenvalue weighted by molar-refractivity contribution is 0.0850. The van der Waals surface area contributed by atoms with Crippen LogP contribution in [0.1, 0.15) is 17.2 Å². The van der Waals surface area contributed by atoms with Gasteiger partial charge < -0.3 is 14.2 Å². The second-order valence-electron chi connectivity index (χ2n) is 7.13. The fourth-order valence-corrected chi connectivity index (χ4v) is 3.87. The van der Waals surface area contributed by atoms with Gasteiger partial charge in [0.1, 0.15) is 13.2 Å². The van der Waals surface area contributed by atoms with Gasteiger partial charge in [0, 0.05) is 32.4 Å². The van der Waals surface area contributed by atoms with Gasteiger partial charge in [0.2, 0.25) is 0 Å². The Labute approximate surface area is 157 Å². The summed E-state index contributed by atoms with van der Waals surface area (Å²) < 4.78 is 16.9. The molecule has 0 N–H and O–H groups in total. The maximum absolute atomic E-state index is 11.6. The van der Waals surface area contributed by atoms with Crippen molar-refractivity contribution in [3.63, 3.8) is 0 Å². The average Bonchev–Trinajstić information content (AvgIpc) is 3.08. The van der Waals surface area contributed by atoms with Crippen molar-refractivity contribution in [2.24, 2.45) is 0 Å². The van der Waals surface area contributed by atoms with Crippen molar-refractivity contribution in [3.8, 4) is 11.6 Å². The van der Waals surface area contributed by atoms with E-state index in [2.05, 4.69) is 34.1 Å². The first kappa shape index (κ1) is 16.4. The third-order valence-corrected chi connectivity index (χ3v) is 5.34. The van der Waals surface area contributed by atoms with Crippen LogP contribution in [-0.4, -0.2) is 59.8 Å². The van der Waals surface area contributed by atoms with Crippen LogP contribution in [0.5, 0.6) is 11.6 Å². The second-order valence-corrected chi connectivity index (χ2v) is 7.13. The molecule has 7 heteroatoms. The average molecular weight is 367 g/mol.